The van der Waals surface area contributed by atoms with Crippen molar-refractivity contribution in [2.45, 2.75) is 20.3 Å². The lowest BCUT2D eigenvalue weighted by Crippen LogP contribution is -2.36. The molecule has 130 valence electrons. The van der Waals surface area contributed by atoms with Gasteiger partial charge < -0.3 is 10.4 Å². The van der Waals surface area contributed by atoms with Gasteiger partial charge in [-0.1, -0.05) is 30.3 Å². The maximum Gasteiger partial charge on any atom is 0.238 e. The summed E-state index contributed by atoms with van der Waals surface area (Å²) >= 11 is 0. The standard InChI is InChI=1S/C21H24N2O2/c1-15-3-4-16(2)20(13-15)22-21(25)14-23-11-9-18(10-12-23)17-5-7-19(24)8-6-17/h3-9,13,24H,10-12,14H2,1-2H3,(H,22,25). The number of phenolic OH excluding ortho intramolecular Hbond substituents is 1. The molecule has 1 aliphatic rings. The summed E-state index contributed by atoms with van der Waals surface area (Å²) in [6.45, 7) is 6.04. The summed E-state index contributed by atoms with van der Waals surface area (Å²) in [5, 5.41) is 12.4. The van der Waals surface area contributed by atoms with Gasteiger partial charge in [-0.25, -0.2) is 0 Å². The van der Waals surface area contributed by atoms with Crippen molar-refractivity contribution in [3.63, 3.8) is 0 Å². The van der Waals surface area contributed by atoms with Gasteiger partial charge in [0.2, 0.25) is 5.91 Å². The van der Waals surface area contributed by atoms with Crippen LogP contribution in [0.5, 0.6) is 5.75 Å². The number of nitrogens with zero attached hydrogens (tertiary/aromatic N) is 1. The molecular weight excluding hydrogens is 312 g/mol. The van der Waals surface area contributed by atoms with Gasteiger partial charge >= 0.3 is 0 Å². The smallest absolute Gasteiger partial charge is 0.238 e. The third kappa shape index (κ3) is 4.48. The van der Waals surface area contributed by atoms with Crippen LogP contribution in [0.3, 0.4) is 0 Å². The molecule has 0 spiro atoms. The first-order valence-electron chi connectivity index (χ1n) is 8.59. The second-order valence-electron chi connectivity index (χ2n) is 6.63. The molecule has 0 bridgehead atoms. The maximum absolute atomic E-state index is 12.3. The van der Waals surface area contributed by atoms with Gasteiger partial charge in [0.05, 0.1) is 6.54 Å². The van der Waals surface area contributed by atoms with Crippen LogP contribution in [-0.4, -0.2) is 35.5 Å². The van der Waals surface area contributed by atoms with Crippen LogP contribution in [0.1, 0.15) is 23.1 Å². The third-order valence-corrected chi connectivity index (χ3v) is 4.57. The Bertz CT molecular complexity index is 794. The van der Waals surface area contributed by atoms with E-state index >= 15 is 0 Å². The van der Waals surface area contributed by atoms with E-state index in [1.165, 1.54) is 5.57 Å². The molecule has 1 heterocycles. The van der Waals surface area contributed by atoms with E-state index in [1.54, 1.807) is 12.1 Å². The van der Waals surface area contributed by atoms with Crippen molar-refractivity contribution in [3.05, 3.63) is 65.2 Å². The second-order valence-corrected chi connectivity index (χ2v) is 6.63. The van der Waals surface area contributed by atoms with Crippen LogP contribution in [0.2, 0.25) is 0 Å². The predicted octanol–water partition coefficient (Wildman–Crippen LogP) is 3.74. The number of carbonyl (C=O) groups excluding carboxylic acids is 1. The number of hydrogen-bond acceptors (Lipinski definition) is 3. The van der Waals surface area contributed by atoms with E-state index in [0.717, 1.165) is 41.9 Å². The molecule has 0 aromatic heterocycles. The summed E-state index contributed by atoms with van der Waals surface area (Å²) in [6.07, 6.45) is 3.07. The van der Waals surface area contributed by atoms with Gasteiger partial charge in [-0.05, 0) is 60.7 Å². The first-order valence-corrected chi connectivity index (χ1v) is 8.59. The molecule has 2 aromatic rings. The monoisotopic (exact) mass is 336 g/mol. The van der Waals surface area contributed by atoms with Crippen molar-refractivity contribution in [1.82, 2.24) is 4.90 Å². The van der Waals surface area contributed by atoms with Crippen LogP contribution >= 0.6 is 0 Å². The van der Waals surface area contributed by atoms with Crippen LogP contribution in [0.25, 0.3) is 5.57 Å². The molecule has 0 saturated carbocycles. The topological polar surface area (TPSA) is 52.6 Å². The van der Waals surface area contributed by atoms with E-state index in [2.05, 4.69) is 16.3 Å². The minimum Gasteiger partial charge on any atom is -0.508 e. The number of phenols is 1. The molecule has 25 heavy (non-hydrogen) atoms. The number of amides is 1. The number of carbonyl (C=O) groups is 1. The number of aryl methyl sites for hydroxylation is 2. The average Bonchev–Trinajstić information content (AvgIpc) is 2.59. The molecule has 0 atom stereocenters. The third-order valence-electron chi connectivity index (χ3n) is 4.57. The van der Waals surface area contributed by atoms with E-state index < -0.39 is 0 Å². The largest absolute Gasteiger partial charge is 0.508 e. The van der Waals surface area contributed by atoms with E-state index in [0.29, 0.717) is 6.54 Å². The highest BCUT2D eigenvalue weighted by Crippen LogP contribution is 2.24. The van der Waals surface area contributed by atoms with Crippen LogP contribution < -0.4 is 5.32 Å². The number of aromatic hydroxyl groups is 1. The van der Waals surface area contributed by atoms with E-state index in [4.69, 9.17) is 0 Å². The zero-order chi connectivity index (χ0) is 17.8. The molecule has 1 amide bonds. The minimum absolute atomic E-state index is 0.0233. The lowest BCUT2D eigenvalue weighted by atomic mass is 9.99. The Morgan fingerprint density at radius 3 is 2.60 bits per heavy atom. The number of nitrogens with one attached hydrogen (secondary N) is 1. The first-order chi connectivity index (χ1) is 12.0. The van der Waals surface area contributed by atoms with Crippen LogP contribution in [0.4, 0.5) is 5.69 Å². The summed E-state index contributed by atoms with van der Waals surface area (Å²) < 4.78 is 0. The molecule has 0 saturated heterocycles. The van der Waals surface area contributed by atoms with E-state index in [9.17, 15) is 9.90 Å². The van der Waals surface area contributed by atoms with Gasteiger partial charge in [0, 0.05) is 18.8 Å². The normalized spacial score (nSPS) is 14.9. The molecule has 4 heteroatoms. The summed E-state index contributed by atoms with van der Waals surface area (Å²) in [4.78, 5) is 14.5. The predicted molar refractivity (Wildman–Crippen MR) is 102 cm³/mol. The van der Waals surface area contributed by atoms with Crippen molar-refractivity contribution in [2.75, 3.05) is 25.0 Å². The van der Waals surface area contributed by atoms with Gasteiger partial charge in [-0.3, -0.25) is 9.69 Å². The lowest BCUT2D eigenvalue weighted by Gasteiger charge is -2.26. The number of rotatable bonds is 4. The Balaban J connectivity index is 1.57. The Labute approximate surface area is 148 Å². The molecule has 0 aliphatic carbocycles. The van der Waals surface area contributed by atoms with Crippen molar-refractivity contribution in [3.8, 4) is 5.75 Å². The summed E-state index contributed by atoms with van der Waals surface area (Å²) in [5.41, 5.74) is 5.51. The molecule has 4 nitrogen and oxygen atoms in total. The zero-order valence-corrected chi connectivity index (χ0v) is 14.7. The quantitative estimate of drug-likeness (QED) is 0.894. The van der Waals surface area contributed by atoms with E-state index in [-0.39, 0.29) is 11.7 Å². The van der Waals surface area contributed by atoms with Crippen molar-refractivity contribution < 1.29 is 9.90 Å². The Morgan fingerprint density at radius 1 is 1.16 bits per heavy atom. The van der Waals surface area contributed by atoms with Crippen LogP contribution in [0.15, 0.2) is 48.5 Å². The van der Waals surface area contributed by atoms with Gasteiger partial charge in [0.1, 0.15) is 5.75 Å². The molecule has 0 fully saturated rings. The summed E-state index contributed by atoms with van der Waals surface area (Å²) in [5.74, 6) is 0.306. The number of anilines is 1. The average molecular weight is 336 g/mol. The molecule has 0 unspecified atom stereocenters. The van der Waals surface area contributed by atoms with Crippen LogP contribution in [-0.2, 0) is 4.79 Å². The van der Waals surface area contributed by atoms with E-state index in [1.807, 2.05) is 44.2 Å². The molecule has 1 aliphatic heterocycles. The highest BCUT2D eigenvalue weighted by Gasteiger charge is 2.16. The molecule has 2 aromatic carbocycles. The SMILES string of the molecule is Cc1ccc(C)c(NC(=O)CN2CC=C(c3ccc(O)cc3)CC2)c1. The van der Waals surface area contributed by atoms with Gasteiger partial charge in [-0.15, -0.1) is 0 Å². The fraction of sp³-hybridized carbons (Fsp3) is 0.286. The Hall–Kier alpha value is -2.59. The maximum atomic E-state index is 12.3. The Morgan fingerprint density at radius 2 is 1.92 bits per heavy atom. The highest BCUT2D eigenvalue weighted by molar-refractivity contribution is 5.93. The van der Waals surface area contributed by atoms with Crippen LogP contribution in [0, 0.1) is 13.8 Å². The summed E-state index contributed by atoms with van der Waals surface area (Å²) in [7, 11) is 0. The first kappa shape index (κ1) is 17.2. The van der Waals surface area contributed by atoms with Crippen molar-refractivity contribution >= 4 is 17.2 Å². The van der Waals surface area contributed by atoms with Gasteiger partial charge in [0.25, 0.3) is 0 Å². The van der Waals surface area contributed by atoms with Crippen molar-refractivity contribution in [2.24, 2.45) is 0 Å². The highest BCUT2D eigenvalue weighted by atomic mass is 16.3. The molecule has 0 radical (unpaired) electrons. The number of hydrogen-bond donors (Lipinski definition) is 2. The zero-order valence-electron chi connectivity index (χ0n) is 14.7. The van der Waals surface area contributed by atoms with Gasteiger partial charge in [-0.2, -0.15) is 0 Å². The second kappa shape index (κ2) is 7.53. The molecule has 2 N–H and O–H groups in total. The molecule has 3 rings (SSSR count). The molecular formula is C21H24N2O2. The Kier molecular flexibility index (Phi) is 5.19. The fourth-order valence-corrected chi connectivity index (χ4v) is 3.06. The minimum atomic E-state index is 0.0233. The summed E-state index contributed by atoms with van der Waals surface area (Å²) in [6, 6.07) is 13.4. The fourth-order valence-electron chi connectivity index (χ4n) is 3.06. The number of benzene rings is 2. The lowest BCUT2D eigenvalue weighted by molar-refractivity contribution is -0.117. The van der Waals surface area contributed by atoms with Crippen molar-refractivity contribution in [1.29, 1.82) is 0 Å². The van der Waals surface area contributed by atoms with Gasteiger partial charge in [0.15, 0.2) is 0 Å².